The Morgan fingerprint density at radius 1 is 1.53 bits per heavy atom. The lowest BCUT2D eigenvalue weighted by atomic mass is 10.2. The van der Waals surface area contributed by atoms with Crippen LogP contribution in [0.3, 0.4) is 0 Å². The van der Waals surface area contributed by atoms with Crippen molar-refractivity contribution in [2.75, 3.05) is 11.5 Å². The van der Waals surface area contributed by atoms with Crippen molar-refractivity contribution in [3.63, 3.8) is 0 Å². The van der Waals surface area contributed by atoms with Crippen LogP contribution in [0.4, 0.5) is 0 Å². The van der Waals surface area contributed by atoms with E-state index < -0.39 is 0 Å². The predicted octanol–water partition coefficient (Wildman–Crippen LogP) is 2.99. The van der Waals surface area contributed by atoms with Gasteiger partial charge in [-0.05, 0) is 34.5 Å². The van der Waals surface area contributed by atoms with Gasteiger partial charge < -0.3 is 0 Å². The van der Waals surface area contributed by atoms with Gasteiger partial charge in [0, 0.05) is 7.05 Å². The number of carbonyl (C=O) groups is 1. The van der Waals surface area contributed by atoms with Crippen molar-refractivity contribution in [3.8, 4) is 0 Å². The van der Waals surface area contributed by atoms with Gasteiger partial charge in [0.15, 0.2) is 0 Å². The molecular formula is C12H19BrN2OS. The van der Waals surface area contributed by atoms with Crippen molar-refractivity contribution < 1.29 is 4.79 Å². The monoisotopic (exact) mass is 318 g/mol. The molecule has 0 aromatic carbocycles. The molecule has 0 amide bonds. The van der Waals surface area contributed by atoms with E-state index in [1.165, 1.54) is 0 Å². The molecule has 1 aromatic heterocycles. The van der Waals surface area contributed by atoms with Crippen molar-refractivity contribution >= 4 is 33.5 Å². The Morgan fingerprint density at radius 3 is 2.65 bits per heavy atom. The molecule has 0 fully saturated rings. The van der Waals surface area contributed by atoms with Gasteiger partial charge in [-0.3, -0.25) is 9.48 Å². The van der Waals surface area contributed by atoms with Gasteiger partial charge in [-0.15, -0.1) is 0 Å². The Kier molecular flexibility index (Phi) is 5.73. The Labute approximate surface area is 115 Å². The molecule has 17 heavy (non-hydrogen) atoms. The predicted molar refractivity (Wildman–Crippen MR) is 76.5 cm³/mol. The first-order valence-electron chi connectivity index (χ1n) is 5.69. The van der Waals surface area contributed by atoms with Gasteiger partial charge in [-0.2, -0.15) is 16.9 Å². The van der Waals surface area contributed by atoms with E-state index in [0.717, 1.165) is 21.6 Å². The molecule has 5 heteroatoms. The van der Waals surface area contributed by atoms with E-state index >= 15 is 0 Å². The molecule has 0 saturated heterocycles. The summed E-state index contributed by atoms with van der Waals surface area (Å²) >= 11 is 5.19. The number of carbonyl (C=O) groups excluding carboxylic acids is 1. The summed E-state index contributed by atoms with van der Waals surface area (Å²) < 4.78 is 2.74. The molecule has 0 aliphatic rings. The summed E-state index contributed by atoms with van der Waals surface area (Å²) in [5.41, 5.74) is 1.91. The third kappa shape index (κ3) is 4.47. The van der Waals surface area contributed by atoms with Crippen LogP contribution in [0.15, 0.2) is 4.47 Å². The number of Topliss-reactive ketones (excluding diaryl/α,β-unsaturated/α-hetero) is 1. The second kappa shape index (κ2) is 6.59. The van der Waals surface area contributed by atoms with Gasteiger partial charge in [-0.25, -0.2) is 0 Å². The van der Waals surface area contributed by atoms with Crippen LogP contribution in [-0.2, 0) is 18.3 Å². The normalized spacial score (nSPS) is 11.2. The van der Waals surface area contributed by atoms with Crippen molar-refractivity contribution in [3.05, 3.63) is 15.9 Å². The van der Waals surface area contributed by atoms with Gasteiger partial charge >= 0.3 is 0 Å². The Balaban J connectivity index is 2.51. The zero-order valence-corrected chi connectivity index (χ0v) is 13.2. The van der Waals surface area contributed by atoms with Crippen LogP contribution < -0.4 is 0 Å². The number of rotatable bonds is 6. The Hall–Kier alpha value is -0.290. The highest BCUT2D eigenvalue weighted by atomic mass is 79.9. The molecule has 96 valence electrons. The lowest BCUT2D eigenvalue weighted by Gasteiger charge is -2.05. The number of aryl methyl sites for hydroxylation is 2. The highest BCUT2D eigenvalue weighted by Gasteiger charge is 2.14. The van der Waals surface area contributed by atoms with E-state index in [-0.39, 0.29) is 5.78 Å². The van der Waals surface area contributed by atoms with Crippen LogP contribution in [0.1, 0.15) is 25.2 Å². The van der Waals surface area contributed by atoms with E-state index in [9.17, 15) is 4.79 Å². The summed E-state index contributed by atoms with van der Waals surface area (Å²) in [7, 11) is 1.88. The second-order valence-electron chi connectivity index (χ2n) is 4.59. The minimum atomic E-state index is 0.263. The number of hydrogen-bond donors (Lipinski definition) is 0. The van der Waals surface area contributed by atoms with Gasteiger partial charge in [-0.1, -0.05) is 13.8 Å². The SMILES string of the molecule is Cc1nn(C)c(CC(=O)CSCC(C)C)c1Br. The molecule has 1 rings (SSSR count). The fourth-order valence-electron chi connectivity index (χ4n) is 1.52. The first-order chi connectivity index (χ1) is 7.91. The molecule has 0 atom stereocenters. The highest BCUT2D eigenvalue weighted by Crippen LogP contribution is 2.21. The first-order valence-corrected chi connectivity index (χ1v) is 7.64. The van der Waals surface area contributed by atoms with Crippen molar-refractivity contribution in [1.82, 2.24) is 9.78 Å². The summed E-state index contributed by atoms with van der Waals surface area (Å²) in [6.45, 7) is 6.27. The summed E-state index contributed by atoms with van der Waals surface area (Å²) in [6.07, 6.45) is 0.461. The Morgan fingerprint density at radius 2 is 2.18 bits per heavy atom. The fourth-order valence-corrected chi connectivity index (χ4v) is 2.91. The maximum absolute atomic E-state index is 11.8. The van der Waals surface area contributed by atoms with Crippen LogP contribution in [-0.4, -0.2) is 27.1 Å². The van der Waals surface area contributed by atoms with Gasteiger partial charge in [0.2, 0.25) is 0 Å². The first kappa shape index (κ1) is 14.8. The molecular weight excluding hydrogens is 300 g/mol. The highest BCUT2D eigenvalue weighted by molar-refractivity contribution is 9.10. The van der Waals surface area contributed by atoms with Crippen LogP contribution in [0, 0.1) is 12.8 Å². The third-order valence-corrected chi connectivity index (χ3v) is 4.80. The number of thioether (sulfide) groups is 1. The molecule has 0 spiro atoms. The molecule has 0 saturated carbocycles. The third-order valence-electron chi connectivity index (χ3n) is 2.34. The van der Waals surface area contributed by atoms with Crippen molar-refractivity contribution in [1.29, 1.82) is 0 Å². The topological polar surface area (TPSA) is 34.9 Å². The molecule has 1 aromatic rings. The largest absolute Gasteiger partial charge is 0.298 e. The van der Waals surface area contributed by atoms with Crippen LogP contribution in [0.5, 0.6) is 0 Å². The quantitative estimate of drug-likeness (QED) is 0.808. The van der Waals surface area contributed by atoms with E-state index in [0.29, 0.717) is 18.1 Å². The van der Waals surface area contributed by atoms with Crippen LogP contribution in [0.2, 0.25) is 0 Å². The molecule has 0 unspecified atom stereocenters. The lowest BCUT2D eigenvalue weighted by Crippen LogP contribution is -2.11. The number of halogens is 1. The molecule has 0 aliphatic heterocycles. The number of nitrogens with zero attached hydrogens (tertiary/aromatic N) is 2. The lowest BCUT2D eigenvalue weighted by molar-refractivity contribution is -0.116. The molecule has 3 nitrogen and oxygen atoms in total. The zero-order chi connectivity index (χ0) is 13.0. The smallest absolute Gasteiger partial charge is 0.148 e. The Bertz CT molecular complexity index is 401. The number of aromatic nitrogens is 2. The second-order valence-corrected chi connectivity index (χ2v) is 6.42. The van der Waals surface area contributed by atoms with E-state index in [4.69, 9.17) is 0 Å². The standard InChI is InChI=1S/C12H19BrN2OS/c1-8(2)6-17-7-10(16)5-11-12(13)9(3)14-15(11)4/h8H,5-7H2,1-4H3. The molecule has 0 bridgehead atoms. The van der Waals surface area contributed by atoms with Crippen molar-refractivity contribution in [2.45, 2.75) is 27.2 Å². The average Bonchev–Trinajstić information content (AvgIpc) is 2.44. The maximum Gasteiger partial charge on any atom is 0.148 e. The maximum atomic E-state index is 11.8. The molecule has 1 heterocycles. The minimum Gasteiger partial charge on any atom is -0.298 e. The van der Waals surface area contributed by atoms with Gasteiger partial charge in [0.05, 0.1) is 28.0 Å². The fraction of sp³-hybridized carbons (Fsp3) is 0.667. The van der Waals surface area contributed by atoms with Gasteiger partial charge in [0.1, 0.15) is 5.78 Å². The minimum absolute atomic E-state index is 0.263. The van der Waals surface area contributed by atoms with E-state index in [1.807, 2.05) is 14.0 Å². The van der Waals surface area contributed by atoms with Gasteiger partial charge in [0.25, 0.3) is 0 Å². The summed E-state index contributed by atoms with van der Waals surface area (Å²) in [6, 6.07) is 0. The average molecular weight is 319 g/mol. The van der Waals surface area contributed by atoms with E-state index in [1.54, 1.807) is 16.4 Å². The van der Waals surface area contributed by atoms with Crippen molar-refractivity contribution in [2.24, 2.45) is 13.0 Å². The summed E-state index contributed by atoms with van der Waals surface area (Å²) in [4.78, 5) is 11.8. The number of ketones is 1. The summed E-state index contributed by atoms with van der Waals surface area (Å²) in [5.74, 6) is 2.53. The molecule has 0 radical (unpaired) electrons. The van der Waals surface area contributed by atoms with E-state index in [2.05, 4.69) is 34.9 Å². The number of hydrogen-bond acceptors (Lipinski definition) is 3. The molecule has 0 N–H and O–H groups in total. The van der Waals surface area contributed by atoms with Crippen LogP contribution in [0.25, 0.3) is 0 Å². The molecule has 0 aliphatic carbocycles. The zero-order valence-electron chi connectivity index (χ0n) is 10.8. The summed E-state index contributed by atoms with van der Waals surface area (Å²) in [5, 5.41) is 4.28. The van der Waals surface area contributed by atoms with Crippen LogP contribution >= 0.6 is 27.7 Å².